The molecule has 0 bridgehead atoms. The number of likely N-dealkylation sites (tertiary alicyclic amines) is 1. The van der Waals surface area contributed by atoms with Crippen LogP contribution >= 0.6 is 11.8 Å². The maximum atomic E-state index is 13.2. The summed E-state index contributed by atoms with van der Waals surface area (Å²) in [5.41, 5.74) is 1.42. The number of quaternary nitrogens is 1. The Morgan fingerprint density at radius 1 is 1.07 bits per heavy atom. The van der Waals surface area contributed by atoms with Crippen molar-refractivity contribution in [3.05, 3.63) is 66.0 Å². The number of para-hydroxylation sites is 1. The molecule has 1 aliphatic rings. The Bertz CT molecular complexity index is 1000. The van der Waals surface area contributed by atoms with Gasteiger partial charge in [-0.2, -0.15) is 0 Å². The molecule has 4 rings (SSSR count). The number of hydrogen-bond donors (Lipinski definition) is 2. The zero-order chi connectivity index (χ0) is 20.8. The molecule has 1 fully saturated rings. The molecule has 0 atom stereocenters. The number of nitrogens with one attached hydrogen (secondary N) is 2. The molecule has 2 aromatic carbocycles. The second-order valence-electron chi connectivity index (χ2n) is 7.75. The third-order valence-electron chi connectivity index (χ3n) is 5.53. The van der Waals surface area contributed by atoms with Crippen LogP contribution in [0.1, 0.15) is 36.0 Å². The number of piperidine rings is 1. The van der Waals surface area contributed by atoms with E-state index in [1.807, 2.05) is 30.3 Å². The summed E-state index contributed by atoms with van der Waals surface area (Å²) in [5.74, 6) is -0.333. The third-order valence-corrected chi connectivity index (χ3v) is 6.45. The Kier molecular flexibility index (Phi) is 6.97. The van der Waals surface area contributed by atoms with Crippen LogP contribution in [0.2, 0.25) is 0 Å². The highest BCUT2D eigenvalue weighted by molar-refractivity contribution is 7.99. The highest BCUT2D eigenvalue weighted by Gasteiger charge is 2.15. The summed E-state index contributed by atoms with van der Waals surface area (Å²) in [6, 6.07) is 15.8. The highest BCUT2D eigenvalue weighted by Crippen LogP contribution is 2.29. The largest absolute Gasteiger partial charge is 0.352 e. The minimum absolute atomic E-state index is 0.0665. The Balaban J connectivity index is 1.45. The molecular formula is C24H27FN3OS+. The summed E-state index contributed by atoms with van der Waals surface area (Å²) in [4.78, 5) is 20.2. The van der Waals surface area contributed by atoms with E-state index >= 15 is 0 Å². The number of nitrogens with zero attached hydrogens (tertiary/aromatic N) is 1. The van der Waals surface area contributed by atoms with Gasteiger partial charge in [0.25, 0.3) is 5.91 Å². The fraction of sp³-hybridized carbons (Fsp3) is 0.333. The molecule has 1 saturated heterocycles. The molecule has 0 unspecified atom stereocenters. The van der Waals surface area contributed by atoms with Gasteiger partial charge in [0.1, 0.15) is 10.8 Å². The van der Waals surface area contributed by atoms with E-state index in [-0.39, 0.29) is 11.7 Å². The molecule has 3 aromatic rings. The molecule has 0 spiro atoms. The molecule has 30 heavy (non-hydrogen) atoms. The van der Waals surface area contributed by atoms with Gasteiger partial charge in [-0.15, -0.1) is 0 Å². The lowest BCUT2D eigenvalue weighted by Crippen LogP contribution is -3.12. The lowest BCUT2D eigenvalue weighted by Gasteiger charge is -2.23. The van der Waals surface area contributed by atoms with E-state index in [4.69, 9.17) is 0 Å². The van der Waals surface area contributed by atoms with Crippen molar-refractivity contribution in [3.8, 4) is 0 Å². The predicted octanol–water partition coefficient (Wildman–Crippen LogP) is 3.71. The molecular weight excluding hydrogens is 397 g/mol. The molecule has 1 aliphatic heterocycles. The van der Waals surface area contributed by atoms with Crippen molar-refractivity contribution in [2.45, 2.75) is 35.6 Å². The Labute approximate surface area is 180 Å². The monoisotopic (exact) mass is 424 g/mol. The van der Waals surface area contributed by atoms with Crippen LogP contribution in [-0.4, -0.2) is 37.1 Å². The predicted molar refractivity (Wildman–Crippen MR) is 119 cm³/mol. The van der Waals surface area contributed by atoms with E-state index in [1.165, 1.54) is 56.2 Å². The Hall–Kier alpha value is -2.44. The molecule has 2 heterocycles. The number of benzene rings is 2. The number of halogens is 1. The second-order valence-corrected chi connectivity index (χ2v) is 8.85. The standard InChI is InChI=1S/C24H26FN3OS/c25-18-9-11-19(12-10-18)30-23-17-21(20-7-2-3-8-22(20)27-23)24(29)26-13-6-16-28-14-4-1-5-15-28/h2-3,7-12,17H,1,4-6,13-16H2,(H,26,29)/p+1. The number of carbonyl (C=O) groups is 1. The summed E-state index contributed by atoms with van der Waals surface area (Å²) >= 11 is 1.43. The van der Waals surface area contributed by atoms with Gasteiger partial charge in [0.05, 0.1) is 30.7 Å². The van der Waals surface area contributed by atoms with Crippen molar-refractivity contribution in [1.29, 1.82) is 0 Å². The van der Waals surface area contributed by atoms with E-state index in [1.54, 1.807) is 17.0 Å². The molecule has 1 aromatic heterocycles. The van der Waals surface area contributed by atoms with Crippen molar-refractivity contribution in [1.82, 2.24) is 10.3 Å². The van der Waals surface area contributed by atoms with Crippen molar-refractivity contribution >= 4 is 28.6 Å². The zero-order valence-electron chi connectivity index (χ0n) is 17.0. The normalized spacial score (nSPS) is 14.7. The van der Waals surface area contributed by atoms with E-state index < -0.39 is 0 Å². The molecule has 156 valence electrons. The molecule has 4 nitrogen and oxygen atoms in total. The summed E-state index contributed by atoms with van der Waals surface area (Å²) < 4.78 is 13.2. The molecule has 0 aliphatic carbocycles. The van der Waals surface area contributed by atoms with Crippen molar-refractivity contribution in [2.75, 3.05) is 26.2 Å². The lowest BCUT2D eigenvalue weighted by molar-refractivity contribution is -0.904. The maximum absolute atomic E-state index is 13.2. The van der Waals surface area contributed by atoms with Gasteiger partial charge in [-0.3, -0.25) is 4.79 Å². The van der Waals surface area contributed by atoms with Gasteiger partial charge in [0.2, 0.25) is 0 Å². The fourth-order valence-electron chi connectivity index (χ4n) is 3.95. The van der Waals surface area contributed by atoms with Crippen LogP contribution in [0.15, 0.2) is 64.5 Å². The quantitative estimate of drug-likeness (QED) is 0.569. The van der Waals surface area contributed by atoms with Crippen molar-refractivity contribution in [2.24, 2.45) is 0 Å². The Morgan fingerprint density at radius 3 is 2.63 bits per heavy atom. The summed E-state index contributed by atoms with van der Waals surface area (Å²) in [6.45, 7) is 4.31. The highest BCUT2D eigenvalue weighted by atomic mass is 32.2. The summed E-state index contributed by atoms with van der Waals surface area (Å²) in [5, 5.41) is 4.66. The first kappa shape index (κ1) is 20.8. The lowest BCUT2D eigenvalue weighted by atomic mass is 10.1. The Morgan fingerprint density at radius 2 is 1.83 bits per heavy atom. The molecule has 1 amide bonds. The SMILES string of the molecule is O=C(NCCC[NH+]1CCCCC1)c1cc(Sc2ccc(F)cc2)nc2ccccc12. The van der Waals surface area contributed by atoms with Gasteiger partial charge < -0.3 is 10.2 Å². The zero-order valence-corrected chi connectivity index (χ0v) is 17.8. The molecule has 0 saturated carbocycles. The number of aromatic nitrogens is 1. The molecule has 6 heteroatoms. The average molecular weight is 425 g/mol. The number of fused-ring (bicyclic) bond motifs is 1. The van der Waals surface area contributed by atoms with E-state index in [9.17, 15) is 9.18 Å². The van der Waals surface area contributed by atoms with Gasteiger partial charge in [0.15, 0.2) is 0 Å². The van der Waals surface area contributed by atoms with E-state index in [2.05, 4.69) is 10.3 Å². The minimum atomic E-state index is -0.266. The smallest absolute Gasteiger partial charge is 0.252 e. The number of rotatable bonds is 7. The van der Waals surface area contributed by atoms with Crippen LogP contribution in [-0.2, 0) is 0 Å². The first-order valence-corrected chi connectivity index (χ1v) is 11.5. The third kappa shape index (κ3) is 5.37. The topological polar surface area (TPSA) is 46.4 Å². The van der Waals surface area contributed by atoms with Crippen LogP contribution in [0.3, 0.4) is 0 Å². The van der Waals surface area contributed by atoms with E-state index in [0.717, 1.165) is 33.8 Å². The number of amides is 1. The van der Waals surface area contributed by atoms with Gasteiger partial charge in [-0.25, -0.2) is 9.37 Å². The van der Waals surface area contributed by atoms with Crippen LogP contribution in [0, 0.1) is 5.82 Å². The van der Waals surface area contributed by atoms with Crippen LogP contribution in [0.5, 0.6) is 0 Å². The average Bonchev–Trinajstić information content (AvgIpc) is 2.78. The van der Waals surface area contributed by atoms with Crippen LogP contribution < -0.4 is 10.2 Å². The van der Waals surface area contributed by atoms with Gasteiger partial charge in [-0.1, -0.05) is 30.0 Å². The first-order valence-electron chi connectivity index (χ1n) is 10.6. The molecule has 2 N–H and O–H groups in total. The maximum Gasteiger partial charge on any atom is 0.252 e. The minimum Gasteiger partial charge on any atom is -0.352 e. The second kappa shape index (κ2) is 10.0. The summed E-state index contributed by atoms with van der Waals surface area (Å²) in [7, 11) is 0. The summed E-state index contributed by atoms with van der Waals surface area (Å²) in [6.07, 6.45) is 4.98. The number of hydrogen-bond acceptors (Lipinski definition) is 3. The number of carbonyl (C=O) groups excluding carboxylic acids is 1. The van der Waals surface area contributed by atoms with Crippen molar-refractivity contribution < 1.29 is 14.1 Å². The number of pyridine rings is 1. The van der Waals surface area contributed by atoms with Crippen molar-refractivity contribution in [3.63, 3.8) is 0 Å². The van der Waals surface area contributed by atoms with Gasteiger partial charge >= 0.3 is 0 Å². The van der Waals surface area contributed by atoms with Gasteiger partial charge in [-0.05, 0) is 55.7 Å². The first-order chi connectivity index (χ1) is 14.7. The fourth-order valence-corrected chi connectivity index (χ4v) is 4.79. The van der Waals surface area contributed by atoms with Gasteiger partial charge in [0, 0.05) is 23.2 Å². The van der Waals surface area contributed by atoms with E-state index in [0.29, 0.717) is 12.1 Å². The molecule has 0 radical (unpaired) electrons. The van der Waals surface area contributed by atoms with Crippen LogP contribution in [0.4, 0.5) is 4.39 Å². The van der Waals surface area contributed by atoms with Crippen LogP contribution in [0.25, 0.3) is 10.9 Å².